The van der Waals surface area contributed by atoms with Gasteiger partial charge >= 0.3 is 6.18 Å². The molecule has 1 atom stereocenters. The summed E-state index contributed by atoms with van der Waals surface area (Å²) >= 11 is 0. The van der Waals surface area contributed by atoms with Gasteiger partial charge in [-0.2, -0.15) is 18.3 Å². The second-order valence-corrected chi connectivity index (χ2v) is 4.37. The quantitative estimate of drug-likeness (QED) is 0.665. The average Bonchev–Trinajstić information content (AvgIpc) is 2.72. The summed E-state index contributed by atoms with van der Waals surface area (Å²) in [5.41, 5.74) is 2.92. The van der Waals surface area contributed by atoms with Crippen molar-refractivity contribution in [2.45, 2.75) is 19.1 Å². The maximum absolute atomic E-state index is 13.0. The molecule has 0 amide bonds. The van der Waals surface area contributed by atoms with E-state index in [2.05, 4.69) is 15.5 Å². The summed E-state index contributed by atoms with van der Waals surface area (Å²) in [5, 5.41) is 4.02. The average molecular weight is 285 g/mol. The number of halogens is 3. The highest BCUT2D eigenvalue weighted by Crippen LogP contribution is 2.36. The highest BCUT2D eigenvalue weighted by molar-refractivity contribution is 5.37. The number of nitrogens with two attached hydrogens (primary N) is 1. The van der Waals surface area contributed by atoms with E-state index in [1.807, 2.05) is 0 Å². The minimum atomic E-state index is -4.47. The Morgan fingerprint density at radius 2 is 2.00 bits per heavy atom. The smallest absolute Gasteiger partial charge is 0.273 e. The molecule has 20 heavy (non-hydrogen) atoms. The van der Waals surface area contributed by atoms with Gasteiger partial charge in [0.05, 0.1) is 17.8 Å². The lowest BCUT2D eigenvalue weighted by molar-refractivity contribution is -0.138. The first-order valence-electron chi connectivity index (χ1n) is 5.82. The molecule has 0 aliphatic rings. The number of hydrogen-bond acceptors (Lipinski definition) is 4. The van der Waals surface area contributed by atoms with Crippen molar-refractivity contribution in [1.82, 2.24) is 20.2 Å². The van der Waals surface area contributed by atoms with Crippen LogP contribution in [0.1, 0.15) is 28.4 Å². The highest BCUT2D eigenvalue weighted by Gasteiger charge is 2.36. The molecule has 0 saturated carbocycles. The van der Waals surface area contributed by atoms with Gasteiger partial charge in [0, 0.05) is 36.3 Å². The molecular weight excluding hydrogens is 271 g/mol. The first-order chi connectivity index (χ1) is 9.36. The molecule has 8 heteroatoms. The van der Waals surface area contributed by atoms with Crippen LogP contribution in [0.25, 0.3) is 0 Å². The Kier molecular flexibility index (Phi) is 3.78. The normalized spacial score (nSPS) is 13.5. The molecule has 2 rings (SSSR count). The lowest BCUT2D eigenvalue weighted by Crippen LogP contribution is -2.31. The Hall–Kier alpha value is -1.93. The van der Waals surface area contributed by atoms with Crippen LogP contribution in [-0.2, 0) is 13.2 Å². The molecule has 3 N–H and O–H groups in total. The third kappa shape index (κ3) is 2.52. The largest absolute Gasteiger partial charge is 0.416 e. The molecule has 0 aliphatic carbocycles. The molecule has 0 aromatic carbocycles. The van der Waals surface area contributed by atoms with Crippen molar-refractivity contribution < 1.29 is 13.2 Å². The minimum Gasteiger partial charge on any atom is -0.273 e. The molecule has 2 aromatic heterocycles. The first-order valence-corrected chi connectivity index (χ1v) is 5.82. The van der Waals surface area contributed by atoms with E-state index in [1.165, 1.54) is 12.4 Å². The number of hydrazine groups is 1. The lowest BCUT2D eigenvalue weighted by atomic mass is 9.97. The predicted molar refractivity (Wildman–Crippen MR) is 66.4 cm³/mol. The Balaban J connectivity index is 2.56. The molecule has 1 unspecified atom stereocenters. The monoisotopic (exact) mass is 285 g/mol. The van der Waals surface area contributed by atoms with Crippen molar-refractivity contribution in [3.05, 3.63) is 47.0 Å². The Morgan fingerprint density at radius 1 is 1.30 bits per heavy atom. The third-order valence-electron chi connectivity index (χ3n) is 3.22. The minimum absolute atomic E-state index is 0.0291. The van der Waals surface area contributed by atoms with Crippen LogP contribution in [0.5, 0.6) is 0 Å². The Labute approximate surface area is 113 Å². The standard InChI is InChI=1S/C12H14F3N5/c1-7-8(6-18-20(7)2)11(19-16)9-5-17-4-3-10(9)12(13,14)15/h3-6,11,19H,16H2,1-2H3. The van der Waals surface area contributed by atoms with Gasteiger partial charge in [0.25, 0.3) is 0 Å². The molecule has 2 heterocycles. The van der Waals surface area contributed by atoms with Crippen LogP contribution in [0.3, 0.4) is 0 Å². The third-order valence-corrected chi connectivity index (χ3v) is 3.22. The van der Waals surface area contributed by atoms with Gasteiger partial charge in [0.15, 0.2) is 0 Å². The summed E-state index contributed by atoms with van der Waals surface area (Å²) < 4.78 is 40.7. The SMILES string of the molecule is Cc1c(C(NN)c2cnccc2C(F)(F)F)cnn1C. The van der Waals surface area contributed by atoms with Crippen LogP contribution in [0.4, 0.5) is 13.2 Å². The van der Waals surface area contributed by atoms with E-state index in [4.69, 9.17) is 5.84 Å². The van der Waals surface area contributed by atoms with Crippen LogP contribution in [-0.4, -0.2) is 14.8 Å². The fourth-order valence-electron chi connectivity index (χ4n) is 2.04. The van der Waals surface area contributed by atoms with E-state index in [0.717, 1.165) is 18.0 Å². The van der Waals surface area contributed by atoms with Crippen LogP contribution >= 0.6 is 0 Å². The number of rotatable bonds is 3. The van der Waals surface area contributed by atoms with Crippen LogP contribution in [0.15, 0.2) is 24.7 Å². The summed E-state index contributed by atoms with van der Waals surface area (Å²) in [7, 11) is 1.71. The van der Waals surface area contributed by atoms with Crippen molar-refractivity contribution >= 4 is 0 Å². The van der Waals surface area contributed by atoms with Gasteiger partial charge in [-0.05, 0) is 13.0 Å². The van der Waals surface area contributed by atoms with E-state index in [9.17, 15) is 13.2 Å². The Morgan fingerprint density at radius 3 is 2.50 bits per heavy atom. The van der Waals surface area contributed by atoms with Crippen molar-refractivity contribution in [3.8, 4) is 0 Å². The van der Waals surface area contributed by atoms with Crippen LogP contribution in [0.2, 0.25) is 0 Å². The van der Waals surface area contributed by atoms with Gasteiger partial charge in [0.1, 0.15) is 0 Å². The number of aromatic nitrogens is 3. The summed E-state index contributed by atoms with van der Waals surface area (Å²) in [4.78, 5) is 3.77. The van der Waals surface area contributed by atoms with E-state index in [1.54, 1.807) is 18.7 Å². The second-order valence-electron chi connectivity index (χ2n) is 4.37. The van der Waals surface area contributed by atoms with E-state index in [-0.39, 0.29) is 5.56 Å². The molecule has 0 saturated heterocycles. The van der Waals surface area contributed by atoms with Crippen molar-refractivity contribution in [2.24, 2.45) is 12.9 Å². The molecule has 0 bridgehead atoms. The van der Waals surface area contributed by atoms with Gasteiger partial charge < -0.3 is 0 Å². The zero-order chi connectivity index (χ0) is 14.9. The molecular formula is C12H14F3N5. The molecule has 0 radical (unpaired) electrons. The highest BCUT2D eigenvalue weighted by atomic mass is 19.4. The van der Waals surface area contributed by atoms with E-state index in [0.29, 0.717) is 5.56 Å². The van der Waals surface area contributed by atoms with Crippen molar-refractivity contribution in [2.75, 3.05) is 0 Å². The zero-order valence-corrected chi connectivity index (χ0v) is 10.9. The number of aryl methyl sites for hydroxylation is 1. The molecule has 0 spiro atoms. The van der Waals surface area contributed by atoms with Crippen molar-refractivity contribution in [3.63, 3.8) is 0 Å². The molecule has 0 fully saturated rings. The second kappa shape index (κ2) is 5.22. The molecule has 2 aromatic rings. The number of hydrogen-bond donors (Lipinski definition) is 2. The number of nitrogens with one attached hydrogen (secondary N) is 1. The molecule has 108 valence electrons. The Bertz CT molecular complexity index is 605. The summed E-state index contributed by atoms with van der Waals surface area (Å²) in [6.07, 6.45) is -0.702. The van der Waals surface area contributed by atoms with Gasteiger partial charge in [-0.1, -0.05) is 0 Å². The zero-order valence-electron chi connectivity index (χ0n) is 10.9. The molecule has 5 nitrogen and oxygen atoms in total. The van der Waals surface area contributed by atoms with Gasteiger partial charge in [-0.15, -0.1) is 0 Å². The lowest BCUT2D eigenvalue weighted by Gasteiger charge is -2.20. The van der Waals surface area contributed by atoms with Crippen LogP contribution < -0.4 is 11.3 Å². The number of nitrogens with zero attached hydrogens (tertiary/aromatic N) is 3. The topological polar surface area (TPSA) is 68.8 Å². The fraction of sp³-hybridized carbons (Fsp3) is 0.333. The van der Waals surface area contributed by atoms with Crippen molar-refractivity contribution in [1.29, 1.82) is 0 Å². The van der Waals surface area contributed by atoms with Crippen LogP contribution in [0, 0.1) is 6.92 Å². The fourth-order valence-corrected chi connectivity index (χ4v) is 2.04. The predicted octanol–water partition coefficient (Wildman–Crippen LogP) is 1.70. The maximum atomic E-state index is 13.0. The number of pyridine rings is 1. The van der Waals surface area contributed by atoms with Gasteiger partial charge in [0.2, 0.25) is 0 Å². The summed E-state index contributed by atoms with van der Waals surface area (Å²) in [6, 6.07) is 0.111. The van der Waals surface area contributed by atoms with E-state index >= 15 is 0 Å². The van der Waals surface area contributed by atoms with E-state index < -0.39 is 17.8 Å². The summed E-state index contributed by atoms with van der Waals surface area (Å²) in [6.45, 7) is 1.76. The van der Waals surface area contributed by atoms with Gasteiger partial charge in [-0.3, -0.25) is 15.5 Å². The maximum Gasteiger partial charge on any atom is 0.416 e. The summed E-state index contributed by atoms with van der Waals surface area (Å²) in [5.74, 6) is 5.44. The first kappa shape index (κ1) is 14.5. The van der Waals surface area contributed by atoms with Gasteiger partial charge in [-0.25, -0.2) is 5.43 Å². The number of alkyl halides is 3. The molecule has 0 aliphatic heterocycles.